The van der Waals surface area contributed by atoms with Crippen molar-refractivity contribution in [1.29, 1.82) is 0 Å². The van der Waals surface area contributed by atoms with Gasteiger partial charge in [-0.05, 0) is 42.7 Å². The first-order valence-corrected chi connectivity index (χ1v) is 6.09. The zero-order valence-corrected chi connectivity index (χ0v) is 11.3. The quantitative estimate of drug-likeness (QED) is 0.632. The van der Waals surface area contributed by atoms with Crippen LogP contribution in [-0.4, -0.2) is 23.5 Å². The molecule has 1 rings (SSSR count). The Kier molecular flexibility index (Phi) is 5.30. The van der Waals surface area contributed by atoms with Crippen molar-refractivity contribution in [2.45, 2.75) is 20.8 Å². The van der Waals surface area contributed by atoms with Gasteiger partial charge in [-0.2, -0.15) is 0 Å². The zero-order valence-electron chi connectivity index (χ0n) is 11.3. The fourth-order valence-corrected chi connectivity index (χ4v) is 1.46. The van der Waals surface area contributed by atoms with Gasteiger partial charge in [0, 0.05) is 11.6 Å². The van der Waals surface area contributed by atoms with Gasteiger partial charge in [-0.3, -0.25) is 4.79 Å². The molecule has 0 saturated heterocycles. The number of benzene rings is 1. The van der Waals surface area contributed by atoms with Crippen molar-refractivity contribution in [2.24, 2.45) is 5.92 Å². The Labute approximate surface area is 112 Å². The lowest BCUT2D eigenvalue weighted by Crippen LogP contribution is -2.06. The summed E-state index contributed by atoms with van der Waals surface area (Å²) in [7, 11) is 0. The molecule has 0 unspecified atom stereocenters. The third kappa shape index (κ3) is 4.95. The van der Waals surface area contributed by atoms with Crippen molar-refractivity contribution < 1.29 is 19.4 Å². The van der Waals surface area contributed by atoms with Gasteiger partial charge < -0.3 is 9.84 Å². The molecule has 1 aromatic rings. The molecule has 102 valence electrons. The van der Waals surface area contributed by atoms with Gasteiger partial charge in [-0.15, -0.1) is 0 Å². The van der Waals surface area contributed by atoms with E-state index in [4.69, 9.17) is 9.84 Å². The van der Waals surface area contributed by atoms with E-state index < -0.39 is 5.97 Å². The number of ketones is 1. The molecule has 19 heavy (non-hydrogen) atoms. The van der Waals surface area contributed by atoms with Crippen LogP contribution >= 0.6 is 0 Å². The molecule has 0 amide bonds. The van der Waals surface area contributed by atoms with Crippen molar-refractivity contribution in [2.75, 3.05) is 6.61 Å². The van der Waals surface area contributed by atoms with Crippen LogP contribution in [0.3, 0.4) is 0 Å². The maximum Gasteiger partial charge on any atom is 0.328 e. The van der Waals surface area contributed by atoms with Crippen LogP contribution in [0.25, 0.3) is 0 Å². The second-order valence-corrected chi connectivity index (χ2v) is 4.72. The Morgan fingerprint density at radius 1 is 1.32 bits per heavy atom. The molecular formula is C15H18O4. The summed E-state index contributed by atoms with van der Waals surface area (Å²) in [5.74, 6) is -0.297. The molecule has 1 aromatic carbocycles. The van der Waals surface area contributed by atoms with E-state index >= 15 is 0 Å². The lowest BCUT2D eigenvalue weighted by Gasteiger charge is -2.11. The monoisotopic (exact) mass is 262 g/mol. The van der Waals surface area contributed by atoms with Crippen LogP contribution in [-0.2, 0) is 4.79 Å². The van der Waals surface area contributed by atoms with Crippen LogP contribution in [0.15, 0.2) is 30.4 Å². The Bertz CT molecular complexity index is 501. The summed E-state index contributed by atoms with van der Waals surface area (Å²) in [5.41, 5.74) is 1.31. The number of carboxylic acid groups (broad SMARTS) is 1. The van der Waals surface area contributed by atoms with Crippen LogP contribution in [0, 0.1) is 12.8 Å². The van der Waals surface area contributed by atoms with Gasteiger partial charge in [-0.25, -0.2) is 4.79 Å². The molecule has 0 spiro atoms. The molecule has 4 heteroatoms. The SMILES string of the molecule is Cc1cc(C(=O)/C=C/C(=O)O)ccc1OCC(C)C. The normalized spacial score (nSPS) is 10.9. The highest BCUT2D eigenvalue weighted by atomic mass is 16.5. The largest absolute Gasteiger partial charge is 0.493 e. The predicted octanol–water partition coefficient (Wildman–Crippen LogP) is 2.85. The van der Waals surface area contributed by atoms with E-state index in [1.807, 2.05) is 6.92 Å². The van der Waals surface area contributed by atoms with Gasteiger partial charge in [0.05, 0.1) is 6.61 Å². The number of carbonyl (C=O) groups excluding carboxylic acids is 1. The highest BCUT2D eigenvalue weighted by Gasteiger charge is 2.07. The molecular weight excluding hydrogens is 244 g/mol. The maximum atomic E-state index is 11.7. The lowest BCUT2D eigenvalue weighted by atomic mass is 10.1. The van der Waals surface area contributed by atoms with Gasteiger partial charge in [-0.1, -0.05) is 13.8 Å². The molecule has 4 nitrogen and oxygen atoms in total. The fourth-order valence-electron chi connectivity index (χ4n) is 1.46. The highest BCUT2D eigenvalue weighted by molar-refractivity contribution is 6.07. The predicted molar refractivity (Wildman–Crippen MR) is 72.6 cm³/mol. The van der Waals surface area contributed by atoms with Gasteiger partial charge >= 0.3 is 5.97 Å². The number of aliphatic carboxylic acids is 1. The minimum absolute atomic E-state index is 0.332. The van der Waals surface area contributed by atoms with Gasteiger partial charge in [0.2, 0.25) is 0 Å². The number of rotatable bonds is 6. The molecule has 0 heterocycles. The maximum absolute atomic E-state index is 11.7. The summed E-state index contributed by atoms with van der Waals surface area (Å²) >= 11 is 0. The third-order valence-corrected chi connectivity index (χ3v) is 2.41. The Hall–Kier alpha value is -2.10. The third-order valence-electron chi connectivity index (χ3n) is 2.41. The van der Waals surface area contributed by atoms with Crippen molar-refractivity contribution >= 4 is 11.8 Å². The van der Waals surface area contributed by atoms with Gasteiger partial charge in [0.25, 0.3) is 0 Å². The molecule has 0 aromatic heterocycles. The molecule has 0 atom stereocenters. The molecule has 0 aliphatic rings. The lowest BCUT2D eigenvalue weighted by molar-refractivity contribution is -0.131. The number of allylic oxidation sites excluding steroid dienone is 1. The summed E-state index contributed by atoms with van der Waals surface area (Å²) in [4.78, 5) is 22.0. The van der Waals surface area contributed by atoms with Crippen LogP contribution in [0.4, 0.5) is 0 Å². The van der Waals surface area contributed by atoms with E-state index in [-0.39, 0.29) is 5.78 Å². The Morgan fingerprint density at radius 2 is 2.00 bits per heavy atom. The van der Waals surface area contributed by atoms with E-state index in [2.05, 4.69) is 13.8 Å². The van der Waals surface area contributed by atoms with Crippen LogP contribution in [0.2, 0.25) is 0 Å². The van der Waals surface area contributed by atoms with Crippen molar-refractivity contribution in [1.82, 2.24) is 0 Å². The molecule has 0 aliphatic carbocycles. The number of hydrogen-bond acceptors (Lipinski definition) is 3. The first kappa shape index (κ1) is 15.0. The number of ether oxygens (including phenoxy) is 1. The number of aryl methyl sites for hydroxylation is 1. The molecule has 0 fully saturated rings. The summed E-state index contributed by atoms with van der Waals surface area (Å²) < 4.78 is 5.61. The molecule has 0 bridgehead atoms. The molecule has 0 radical (unpaired) electrons. The second-order valence-electron chi connectivity index (χ2n) is 4.72. The minimum atomic E-state index is -1.14. The van der Waals surface area contributed by atoms with E-state index in [1.54, 1.807) is 18.2 Å². The van der Waals surface area contributed by atoms with Crippen LogP contribution in [0.5, 0.6) is 5.75 Å². The summed E-state index contributed by atoms with van der Waals surface area (Å²) in [6.45, 7) is 6.59. The Morgan fingerprint density at radius 3 is 2.53 bits per heavy atom. The smallest absolute Gasteiger partial charge is 0.328 e. The number of carboxylic acids is 1. The summed E-state index contributed by atoms with van der Waals surface area (Å²) in [6, 6.07) is 5.07. The van der Waals surface area contributed by atoms with Gasteiger partial charge in [0.1, 0.15) is 5.75 Å². The summed E-state index contributed by atoms with van der Waals surface area (Å²) in [5, 5.41) is 8.47. The number of carbonyl (C=O) groups is 2. The van der Waals surface area contributed by atoms with E-state index in [0.717, 1.165) is 23.5 Å². The molecule has 1 N–H and O–H groups in total. The van der Waals surface area contributed by atoms with E-state index in [1.165, 1.54) is 0 Å². The average molecular weight is 262 g/mol. The average Bonchev–Trinajstić information content (AvgIpc) is 2.34. The first-order chi connectivity index (χ1) is 8.90. The first-order valence-electron chi connectivity index (χ1n) is 6.09. The molecule has 0 aliphatic heterocycles. The topological polar surface area (TPSA) is 63.6 Å². The van der Waals surface area contributed by atoms with E-state index in [0.29, 0.717) is 18.1 Å². The number of hydrogen-bond donors (Lipinski definition) is 1. The fraction of sp³-hybridized carbons (Fsp3) is 0.333. The van der Waals surface area contributed by atoms with Crippen LogP contribution in [0.1, 0.15) is 29.8 Å². The van der Waals surface area contributed by atoms with E-state index in [9.17, 15) is 9.59 Å². The van der Waals surface area contributed by atoms with Gasteiger partial charge in [0.15, 0.2) is 5.78 Å². The second kappa shape index (κ2) is 6.73. The zero-order chi connectivity index (χ0) is 14.4. The standard InChI is InChI=1S/C15H18O4/c1-10(2)9-19-14-6-4-12(8-11(14)3)13(16)5-7-15(17)18/h4-8,10H,9H2,1-3H3,(H,17,18)/b7-5+. The van der Waals surface area contributed by atoms with Crippen LogP contribution < -0.4 is 4.74 Å². The summed E-state index contributed by atoms with van der Waals surface area (Å²) in [6.07, 6.45) is 1.88. The van der Waals surface area contributed by atoms with Crippen molar-refractivity contribution in [3.8, 4) is 5.75 Å². The minimum Gasteiger partial charge on any atom is -0.493 e. The van der Waals surface area contributed by atoms with Crippen molar-refractivity contribution in [3.05, 3.63) is 41.5 Å². The highest BCUT2D eigenvalue weighted by Crippen LogP contribution is 2.20. The Balaban J connectivity index is 2.81. The van der Waals surface area contributed by atoms with Crippen molar-refractivity contribution in [3.63, 3.8) is 0 Å². The molecule has 0 saturated carbocycles.